The molecular formula is C22H22N2O4S. The number of aromatic nitrogens is 1. The van der Waals surface area contributed by atoms with Gasteiger partial charge in [-0.15, -0.1) is 0 Å². The molecular weight excluding hydrogens is 388 g/mol. The van der Waals surface area contributed by atoms with Crippen LogP contribution in [-0.4, -0.2) is 27.1 Å². The number of methoxy groups -OCH3 is 1. The van der Waals surface area contributed by atoms with Crippen molar-refractivity contribution in [2.75, 3.05) is 13.7 Å². The van der Waals surface area contributed by atoms with E-state index in [9.17, 15) is 8.42 Å². The van der Waals surface area contributed by atoms with E-state index in [1.807, 2.05) is 48.5 Å². The van der Waals surface area contributed by atoms with Crippen molar-refractivity contribution in [2.24, 2.45) is 0 Å². The third-order valence-corrected chi connectivity index (χ3v) is 6.52. The summed E-state index contributed by atoms with van der Waals surface area (Å²) in [6.07, 6.45) is 5.02. The van der Waals surface area contributed by atoms with Crippen molar-refractivity contribution in [1.29, 1.82) is 0 Å². The van der Waals surface area contributed by atoms with Crippen LogP contribution in [0.2, 0.25) is 0 Å². The zero-order valence-corrected chi connectivity index (χ0v) is 16.9. The Morgan fingerprint density at radius 3 is 2.69 bits per heavy atom. The third kappa shape index (κ3) is 4.41. The first-order valence-electron chi connectivity index (χ1n) is 9.42. The van der Waals surface area contributed by atoms with Crippen molar-refractivity contribution in [3.63, 3.8) is 0 Å². The molecule has 150 valence electrons. The van der Waals surface area contributed by atoms with E-state index in [-0.39, 0.29) is 6.54 Å². The smallest absolute Gasteiger partial charge is 0.236 e. The van der Waals surface area contributed by atoms with Crippen molar-refractivity contribution in [1.82, 2.24) is 9.71 Å². The molecule has 1 heterocycles. The summed E-state index contributed by atoms with van der Waals surface area (Å²) in [5.41, 5.74) is 3.69. The van der Waals surface area contributed by atoms with Gasteiger partial charge < -0.3 is 9.15 Å². The highest BCUT2D eigenvalue weighted by atomic mass is 32.2. The highest BCUT2D eigenvalue weighted by Gasteiger charge is 2.21. The van der Waals surface area contributed by atoms with Gasteiger partial charge in [0.1, 0.15) is 12.0 Å². The molecule has 1 aliphatic rings. The fraction of sp³-hybridized carbons (Fsp3) is 0.227. The summed E-state index contributed by atoms with van der Waals surface area (Å²) in [4.78, 5) is 4.87. The minimum Gasteiger partial charge on any atom is -0.497 e. The molecule has 4 rings (SSSR count). The Bertz CT molecular complexity index is 1130. The van der Waals surface area contributed by atoms with E-state index in [1.54, 1.807) is 19.4 Å². The summed E-state index contributed by atoms with van der Waals surface area (Å²) in [7, 11) is -1.90. The molecule has 3 aromatic rings. The standard InChI is InChI=1S/C22H22N2O4S/c1-27-20-9-6-17(7-10-20)22-24-19(15-28-22)12-13-23-29(25,26)21-11-8-16-4-2-3-5-18(16)14-21/h2-7,9-10,14-15,23H,8,11-13H2,1H3. The topological polar surface area (TPSA) is 81.4 Å². The number of nitrogens with one attached hydrogen (secondary N) is 1. The van der Waals surface area contributed by atoms with Gasteiger partial charge in [-0.05, 0) is 54.3 Å². The summed E-state index contributed by atoms with van der Waals surface area (Å²) < 4.78 is 38.6. The zero-order valence-electron chi connectivity index (χ0n) is 16.1. The van der Waals surface area contributed by atoms with Crippen LogP contribution < -0.4 is 9.46 Å². The molecule has 0 bridgehead atoms. The Balaban J connectivity index is 1.38. The maximum Gasteiger partial charge on any atom is 0.236 e. The molecule has 1 N–H and O–H groups in total. The Hall–Kier alpha value is -2.90. The van der Waals surface area contributed by atoms with Crippen LogP contribution in [0.5, 0.6) is 5.75 Å². The van der Waals surface area contributed by atoms with Crippen molar-refractivity contribution in [3.8, 4) is 17.2 Å². The quantitative estimate of drug-likeness (QED) is 0.641. The van der Waals surface area contributed by atoms with Crippen LogP contribution in [0.1, 0.15) is 23.2 Å². The SMILES string of the molecule is COc1ccc(-c2nc(CCNS(=O)(=O)C3=Cc4ccccc4CC3)co2)cc1. The molecule has 0 amide bonds. The lowest BCUT2D eigenvalue weighted by Crippen LogP contribution is -2.28. The highest BCUT2D eigenvalue weighted by molar-refractivity contribution is 7.93. The van der Waals surface area contributed by atoms with E-state index >= 15 is 0 Å². The molecule has 2 aromatic carbocycles. The molecule has 0 radical (unpaired) electrons. The summed E-state index contributed by atoms with van der Waals surface area (Å²) >= 11 is 0. The second kappa shape index (κ2) is 8.23. The van der Waals surface area contributed by atoms with E-state index in [4.69, 9.17) is 9.15 Å². The van der Waals surface area contributed by atoms with Gasteiger partial charge in [-0.1, -0.05) is 24.3 Å². The van der Waals surface area contributed by atoms with Gasteiger partial charge in [-0.2, -0.15) is 0 Å². The lowest BCUT2D eigenvalue weighted by atomic mass is 9.98. The van der Waals surface area contributed by atoms with Crippen LogP contribution in [0.15, 0.2) is 64.1 Å². The lowest BCUT2D eigenvalue weighted by molar-refractivity contribution is 0.415. The number of hydrogen-bond donors (Lipinski definition) is 1. The average molecular weight is 410 g/mol. The molecule has 7 heteroatoms. The zero-order chi connectivity index (χ0) is 20.3. The Labute approximate surface area is 170 Å². The van der Waals surface area contributed by atoms with Gasteiger partial charge in [-0.3, -0.25) is 0 Å². The van der Waals surface area contributed by atoms with Crippen LogP contribution in [0.25, 0.3) is 17.5 Å². The fourth-order valence-corrected chi connectivity index (χ4v) is 4.52. The number of hydrogen-bond acceptors (Lipinski definition) is 5. The van der Waals surface area contributed by atoms with Gasteiger partial charge in [0.25, 0.3) is 0 Å². The first-order chi connectivity index (χ1) is 14.0. The highest BCUT2D eigenvalue weighted by Crippen LogP contribution is 2.26. The first kappa shape index (κ1) is 19.4. The van der Waals surface area contributed by atoms with E-state index in [0.29, 0.717) is 29.3 Å². The molecule has 0 saturated heterocycles. The average Bonchev–Trinajstić information content (AvgIpc) is 3.22. The van der Waals surface area contributed by atoms with Gasteiger partial charge in [0.05, 0.1) is 17.7 Å². The minimum atomic E-state index is -3.51. The fourth-order valence-electron chi connectivity index (χ4n) is 3.31. The van der Waals surface area contributed by atoms with Crippen LogP contribution in [0.3, 0.4) is 0 Å². The molecule has 0 unspecified atom stereocenters. The molecule has 1 aliphatic carbocycles. The number of oxazole rings is 1. The molecule has 6 nitrogen and oxygen atoms in total. The maximum atomic E-state index is 12.6. The number of nitrogens with zero attached hydrogens (tertiary/aromatic N) is 1. The normalized spacial score (nSPS) is 13.6. The van der Waals surface area contributed by atoms with Crippen molar-refractivity contribution in [3.05, 3.63) is 76.5 Å². The number of sulfonamides is 1. The molecule has 0 atom stereocenters. The van der Waals surface area contributed by atoms with Crippen LogP contribution in [-0.2, 0) is 22.9 Å². The molecule has 0 spiro atoms. The Morgan fingerprint density at radius 2 is 1.90 bits per heavy atom. The van der Waals surface area contributed by atoms with Crippen molar-refractivity contribution in [2.45, 2.75) is 19.3 Å². The van der Waals surface area contributed by atoms with Gasteiger partial charge in [0.15, 0.2) is 0 Å². The second-order valence-electron chi connectivity index (χ2n) is 6.83. The van der Waals surface area contributed by atoms with Gasteiger partial charge in [0, 0.05) is 18.5 Å². The van der Waals surface area contributed by atoms with E-state index in [0.717, 1.165) is 23.3 Å². The lowest BCUT2D eigenvalue weighted by Gasteiger charge is -2.16. The minimum absolute atomic E-state index is 0.260. The maximum absolute atomic E-state index is 12.6. The van der Waals surface area contributed by atoms with Crippen molar-refractivity contribution < 1.29 is 17.6 Å². The van der Waals surface area contributed by atoms with E-state index in [1.165, 1.54) is 5.56 Å². The van der Waals surface area contributed by atoms with Crippen LogP contribution in [0.4, 0.5) is 0 Å². The number of fused-ring (bicyclic) bond motifs is 1. The molecule has 0 aliphatic heterocycles. The summed E-state index contributed by atoms with van der Waals surface area (Å²) in [6, 6.07) is 15.3. The number of ether oxygens (including phenoxy) is 1. The summed E-state index contributed by atoms with van der Waals surface area (Å²) in [5.74, 6) is 1.26. The molecule has 1 aromatic heterocycles. The predicted octanol–water partition coefficient (Wildman–Crippen LogP) is 3.80. The molecule has 0 saturated carbocycles. The number of aryl methyl sites for hydroxylation is 1. The van der Waals surface area contributed by atoms with Gasteiger partial charge in [0.2, 0.25) is 15.9 Å². The molecule has 29 heavy (non-hydrogen) atoms. The molecule has 0 fully saturated rings. The van der Waals surface area contributed by atoms with Crippen molar-refractivity contribution >= 4 is 16.1 Å². The first-order valence-corrected chi connectivity index (χ1v) is 10.9. The summed E-state index contributed by atoms with van der Waals surface area (Å²) in [6.45, 7) is 0.260. The second-order valence-corrected chi connectivity index (χ2v) is 8.65. The number of benzene rings is 2. The largest absolute Gasteiger partial charge is 0.497 e. The van der Waals surface area contributed by atoms with E-state index in [2.05, 4.69) is 9.71 Å². The number of allylic oxidation sites excluding steroid dienone is 1. The third-order valence-electron chi connectivity index (χ3n) is 4.92. The summed E-state index contributed by atoms with van der Waals surface area (Å²) in [5, 5.41) is 0. The van der Waals surface area contributed by atoms with E-state index < -0.39 is 10.0 Å². The Kier molecular flexibility index (Phi) is 5.51. The number of rotatable bonds is 7. The predicted molar refractivity (Wildman–Crippen MR) is 112 cm³/mol. The van der Waals surface area contributed by atoms with Crippen LogP contribution in [0, 0.1) is 0 Å². The van der Waals surface area contributed by atoms with Crippen LogP contribution >= 0.6 is 0 Å². The Morgan fingerprint density at radius 1 is 1.10 bits per heavy atom. The van der Waals surface area contributed by atoms with Gasteiger partial charge >= 0.3 is 0 Å². The monoisotopic (exact) mass is 410 g/mol. The van der Waals surface area contributed by atoms with Gasteiger partial charge in [-0.25, -0.2) is 18.1 Å².